The summed E-state index contributed by atoms with van der Waals surface area (Å²) < 4.78 is 49.4. The Bertz CT molecular complexity index is 1200. The molecule has 3 heterocycles. The van der Waals surface area contributed by atoms with Gasteiger partial charge in [-0.3, -0.25) is 4.79 Å². The van der Waals surface area contributed by atoms with Crippen molar-refractivity contribution >= 4 is 37.3 Å². The largest absolute Gasteiger partial charge is 0.334 e. The summed E-state index contributed by atoms with van der Waals surface area (Å²) in [5.74, 6) is 0.686. The van der Waals surface area contributed by atoms with Gasteiger partial charge in [-0.1, -0.05) is 42.1 Å². The van der Waals surface area contributed by atoms with Crippen molar-refractivity contribution in [2.75, 3.05) is 28.8 Å². The van der Waals surface area contributed by atoms with Crippen LogP contribution in [0.5, 0.6) is 0 Å². The van der Waals surface area contributed by atoms with Crippen LogP contribution in [0.3, 0.4) is 0 Å². The van der Waals surface area contributed by atoms with E-state index in [9.17, 15) is 21.6 Å². The number of amides is 1. The van der Waals surface area contributed by atoms with E-state index >= 15 is 0 Å². The van der Waals surface area contributed by atoms with E-state index in [0.717, 1.165) is 5.56 Å². The highest BCUT2D eigenvalue weighted by Gasteiger charge is 2.35. The Hall–Kier alpha value is -1.92. The molecule has 0 saturated carbocycles. The van der Waals surface area contributed by atoms with E-state index in [4.69, 9.17) is 0 Å². The van der Waals surface area contributed by atoms with E-state index in [1.54, 1.807) is 16.5 Å². The first kappa shape index (κ1) is 23.2. The van der Waals surface area contributed by atoms with Gasteiger partial charge in [0, 0.05) is 25.6 Å². The molecule has 32 heavy (non-hydrogen) atoms. The Morgan fingerprint density at radius 3 is 2.38 bits per heavy atom. The van der Waals surface area contributed by atoms with Gasteiger partial charge in [-0.05, 0) is 18.4 Å². The Kier molecular flexibility index (Phi) is 6.64. The summed E-state index contributed by atoms with van der Waals surface area (Å²) in [6.07, 6.45) is 0.967. The molecule has 4 rings (SSSR count). The third-order valence-electron chi connectivity index (χ3n) is 5.96. The lowest BCUT2D eigenvalue weighted by Crippen LogP contribution is -2.41. The van der Waals surface area contributed by atoms with Gasteiger partial charge in [0.25, 0.3) is 0 Å². The number of sulfone groups is 2. The fraction of sp³-hybridized carbons (Fsp3) is 0.550. The average molecular weight is 499 g/mol. The highest BCUT2D eigenvalue weighted by molar-refractivity contribution is 7.99. The van der Waals surface area contributed by atoms with E-state index in [-0.39, 0.29) is 46.6 Å². The van der Waals surface area contributed by atoms with Crippen molar-refractivity contribution in [3.8, 4) is 0 Å². The van der Waals surface area contributed by atoms with Gasteiger partial charge in [-0.15, -0.1) is 10.2 Å². The summed E-state index contributed by atoms with van der Waals surface area (Å²) in [7, 11) is -4.39. The van der Waals surface area contributed by atoms with E-state index < -0.39 is 19.7 Å². The average Bonchev–Trinajstić information content (AvgIpc) is 3.41. The van der Waals surface area contributed by atoms with Crippen molar-refractivity contribution in [3.05, 3.63) is 41.7 Å². The van der Waals surface area contributed by atoms with Crippen LogP contribution in [-0.2, 0) is 38.1 Å². The van der Waals surface area contributed by atoms with Crippen LogP contribution >= 0.6 is 11.8 Å². The molecule has 0 N–H and O–H groups in total. The molecule has 0 bridgehead atoms. The van der Waals surface area contributed by atoms with Crippen molar-refractivity contribution in [2.45, 2.75) is 36.5 Å². The Morgan fingerprint density at radius 2 is 1.75 bits per heavy atom. The maximum absolute atomic E-state index is 13.2. The lowest BCUT2D eigenvalue weighted by atomic mass is 10.1. The summed E-state index contributed by atoms with van der Waals surface area (Å²) in [6, 6.07) is 9.17. The molecule has 0 unspecified atom stereocenters. The fourth-order valence-corrected chi connectivity index (χ4v) is 8.51. The van der Waals surface area contributed by atoms with Crippen LogP contribution < -0.4 is 0 Å². The molecule has 2 aliphatic heterocycles. The maximum Gasteiger partial charge on any atom is 0.233 e. The first-order chi connectivity index (χ1) is 15.1. The zero-order valence-electron chi connectivity index (χ0n) is 17.8. The number of aromatic nitrogens is 3. The van der Waals surface area contributed by atoms with Crippen LogP contribution in [-0.4, -0.2) is 77.2 Å². The number of nitrogens with zero attached hydrogens (tertiary/aromatic N) is 4. The molecule has 0 radical (unpaired) electrons. The molecule has 0 spiro atoms. The van der Waals surface area contributed by atoms with Gasteiger partial charge in [-0.25, -0.2) is 16.8 Å². The van der Waals surface area contributed by atoms with Gasteiger partial charge in [0.1, 0.15) is 5.82 Å². The van der Waals surface area contributed by atoms with Crippen molar-refractivity contribution in [3.63, 3.8) is 0 Å². The Balaban J connectivity index is 1.45. The SMILES string of the molecule is Cn1c(SCC(=O)N(Cc2ccccc2)[C@@H]2CCS(=O)(=O)C2)nnc1[C@@H]1CCS(=O)(=O)C1. The molecular weight excluding hydrogens is 472 g/mol. The highest BCUT2D eigenvalue weighted by Crippen LogP contribution is 2.30. The smallest absolute Gasteiger partial charge is 0.233 e. The molecule has 2 fully saturated rings. The van der Waals surface area contributed by atoms with Gasteiger partial charge >= 0.3 is 0 Å². The minimum Gasteiger partial charge on any atom is -0.334 e. The van der Waals surface area contributed by atoms with Gasteiger partial charge in [0.15, 0.2) is 24.8 Å². The Morgan fingerprint density at radius 1 is 1.06 bits per heavy atom. The quantitative estimate of drug-likeness (QED) is 0.519. The van der Waals surface area contributed by atoms with E-state index in [2.05, 4.69) is 10.2 Å². The first-order valence-electron chi connectivity index (χ1n) is 10.4. The fourth-order valence-electron chi connectivity index (χ4n) is 4.24. The number of carbonyl (C=O) groups is 1. The van der Waals surface area contributed by atoms with Crippen molar-refractivity contribution in [1.29, 1.82) is 0 Å². The number of hydrogen-bond acceptors (Lipinski definition) is 8. The van der Waals surface area contributed by atoms with Crippen molar-refractivity contribution < 1.29 is 21.6 Å². The maximum atomic E-state index is 13.2. The molecule has 9 nitrogen and oxygen atoms in total. The standard InChI is InChI=1S/C20H26N4O5S3/c1-23-19(16-7-9-31(26,27)13-16)21-22-20(23)30-12-18(25)24(11-15-5-3-2-4-6-15)17-8-10-32(28,29)14-17/h2-6,16-17H,7-14H2,1H3/t16-,17-/m1/s1. The topological polar surface area (TPSA) is 119 Å². The van der Waals surface area contributed by atoms with Gasteiger partial charge < -0.3 is 9.47 Å². The van der Waals surface area contributed by atoms with Crippen molar-refractivity contribution in [2.24, 2.45) is 7.05 Å². The van der Waals surface area contributed by atoms with Crippen LogP contribution in [0.25, 0.3) is 0 Å². The predicted molar refractivity (Wildman–Crippen MR) is 122 cm³/mol. The van der Waals surface area contributed by atoms with E-state index in [1.807, 2.05) is 30.3 Å². The van der Waals surface area contributed by atoms with Crippen molar-refractivity contribution in [1.82, 2.24) is 19.7 Å². The van der Waals surface area contributed by atoms with E-state index in [0.29, 0.717) is 30.4 Å². The molecule has 0 aliphatic carbocycles. The molecule has 12 heteroatoms. The number of thioether (sulfide) groups is 1. The molecule has 2 aliphatic rings. The summed E-state index contributed by atoms with van der Waals surface area (Å²) in [5, 5.41) is 8.87. The lowest BCUT2D eigenvalue weighted by Gasteiger charge is -2.28. The number of carbonyl (C=O) groups excluding carboxylic acids is 1. The van der Waals surface area contributed by atoms with Crippen LogP contribution in [0.4, 0.5) is 0 Å². The summed E-state index contributed by atoms with van der Waals surface area (Å²) >= 11 is 1.23. The minimum atomic E-state index is -3.13. The second-order valence-electron chi connectivity index (χ2n) is 8.35. The molecule has 174 valence electrons. The molecule has 2 atom stereocenters. The minimum absolute atomic E-state index is 0.0134. The van der Waals surface area contributed by atoms with Crippen LogP contribution in [0.2, 0.25) is 0 Å². The van der Waals surface area contributed by atoms with Gasteiger partial charge in [-0.2, -0.15) is 0 Å². The second-order valence-corrected chi connectivity index (χ2v) is 13.8. The van der Waals surface area contributed by atoms with Crippen LogP contribution in [0.1, 0.15) is 30.1 Å². The zero-order chi connectivity index (χ0) is 22.9. The van der Waals surface area contributed by atoms with Gasteiger partial charge in [0.05, 0.1) is 28.8 Å². The molecule has 1 aromatic carbocycles. The van der Waals surface area contributed by atoms with Crippen LogP contribution in [0.15, 0.2) is 35.5 Å². The zero-order valence-corrected chi connectivity index (χ0v) is 20.2. The summed E-state index contributed by atoms with van der Waals surface area (Å²) in [4.78, 5) is 14.8. The predicted octanol–water partition coefficient (Wildman–Crippen LogP) is 1.03. The number of hydrogen-bond donors (Lipinski definition) is 0. The number of benzene rings is 1. The third kappa shape index (κ3) is 5.34. The lowest BCUT2D eigenvalue weighted by molar-refractivity contribution is -0.130. The highest BCUT2D eigenvalue weighted by atomic mass is 32.2. The monoisotopic (exact) mass is 498 g/mol. The first-order valence-corrected chi connectivity index (χ1v) is 15.0. The summed E-state index contributed by atoms with van der Waals surface area (Å²) in [6.45, 7) is 0.352. The number of rotatable bonds is 7. The molecule has 2 saturated heterocycles. The molecule has 2 aromatic rings. The molecule has 1 aromatic heterocycles. The van der Waals surface area contributed by atoms with E-state index in [1.165, 1.54) is 11.8 Å². The normalized spacial score (nSPS) is 23.9. The third-order valence-corrected chi connectivity index (χ3v) is 10.5. The second kappa shape index (κ2) is 9.14. The summed E-state index contributed by atoms with van der Waals surface area (Å²) in [5.41, 5.74) is 0.943. The molecule has 1 amide bonds. The van der Waals surface area contributed by atoms with Gasteiger partial charge in [0.2, 0.25) is 5.91 Å². The molecular formula is C20H26N4O5S3. The Labute approximate surface area is 192 Å². The van der Waals surface area contributed by atoms with Crippen LogP contribution in [0, 0.1) is 0 Å².